The van der Waals surface area contributed by atoms with Crippen LogP contribution in [0.2, 0.25) is 0 Å². The molecule has 0 N–H and O–H groups in total. The van der Waals surface area contributed by atoms with E-state index in [0.717, 1.165) is 16.5 Å². The minimum Gasteiger partial charge on any atom is -0.452 e. The SMILES string of the molecule is C#CCOC(=O)Cc1cccc2csnc12. The van der Waals surface area contributed by atoms with Crippen LogP contribution in [0.3, 0.4) is 0 Å². The standard InChI is InChI=1S/C12H9NO2S/c1-2-6-15-11(14)7-9-4-3-5-10-8-16-13-12(9)10/h1,3-5,8H,6-7H2. The van der Waals surface area contributed by atoms with Gasteiger partial charge in [0.05, 0.1) is 11.9 Å². The van der Waals surface area contributed by atoms with Crippen molar-refractivity contribution in [1.29, 1.82) is 0 Å². The Hall–Kier alpha value is -1.86. The first-order valence-electron chi connectivity index (χ1n) is 4.72. The molecule has 0 spiro atoms. The molecule has 0 amide bonds. The predicted octanol–water partition coefficient (Wildman–Crippen LogP) is 2.02. The van der Waals surface area contributed by atoms with Crippen LogP contribution < -0.4 is 0 Å². The van der Waals surface area contributed by atoms with E-state index in [4.69, 9.17) is 11.2 Å². The lowest BCUT2D eigenvalue weighted by Crippen LogP contribution is -2.08. The molecule has 0 aliphatic carbocycles. The number of hydrogen-bond donors (Lipinski definition) is 0. The normalized spacial score (nSPS) is 9.94. The number of aromatic nitrogens is 1. The Morgan fingerprint density at radius 2 is 2.44 bits per heavy atom. The Balaban J connectivity index is 2.18. The van der Waals surface area contributed by atoms with Crippen LogP contribution >= 0.6 is 11.5 Å². The van der Waals surface area contributed by atoms with Crippen molar-refractivity contribution < 1.29 is 9.53 Å². The number of ether oxygens (including phenoxy) is 1. The summed E-state index contributed by atoms with van der Waals surface area (Å²) in [6.45, 7) is 0.0197. The molecular formula is C12H9NO2S. The van der Waals surface area contributed by atoms with Gasteiger partial charge in [0.15, 0.2) is 6.61 Å². The van der Waals surface area contributed by atoms with Gasteiger partial charge in [-0.05, 0) is 17.1 Å². The molecule has 1 aromatic carbocycles. The zero-order chi connectivity index (χ0) is 11.4. The van der Waals surface area contributed by atoms with Crippen LogP contribution in [-0.2, 0) is 16.0 Å². The van der Waals surface area contributed by atoms with Crippen molar-refractivity contribution in [3.63, 3.8) is 0 Å². The summed E-state index contributed by atoms with van der Waals surface area (Å²) in [5, 5.41) is 3.00. The topological polar surface area (TPSA) is 39.2 Å². The van der Waals surface area contributed by atoms with Gasteiger partial charge >= 0.3 is 5.97 Å². The van der Waals surface area contributed by atoms with Crippen LogP contribution in [0.5, 0.6) is 0 Å². The van der Waals surface area contributed by atoms with Gasteiger partial charge in [-0.3, -0.25) is 4.79 Å². The van der Waals surface area contributed by atoms with Gasteiger partial charge in [-0.1, -0.05) is 24.1 Å². The van der Waals surface area contributed by atoms with E-state index in [1.54, 1.807) is 0 Å². The van der Waals surface area contributed by atoms with Crippen molar-refractivity contribution in [2.24, 2.45) is 0 Å². The average Bonchev–Trinajstić information content (AvgIpc) is 2.75. The van der Waals surface area contributed by atoms with E-state index in [1.165, 1.54) is 11.5 Å². The number of benzene rings is 1. The summed E-state index contributed by atoms with van der Waals surface area (Å²) in [6, 6.07) is 5.74. The lowest BCUT2D eigenvalue weighted by atomic mass is 10.1. The Kier molecular flexibility index (Phi) is 3.18. The maximum atomic E-state index is 11.4. The highest BCUT2D eigenvalue weighted by Gasteiger charge is 2.09. The number of carbonyl (C=O) groups excluding carboxylic acids is 1. The first kappa shape index (κ1) is 10.7. The molecule has 80 valence electrons. The fourth-order valence-corrected chi connectivity index (χ4v) is 2.11. The molecule has 0 saturated carbocycles. The summed E-state index contributed by atoms with van der Waals surface area (Å²) < 4.78 is 9.07. The van der Waals surface area contributed by atoms with Crippen molar-refractivity contribution in [3.8, 4) is 12.3 Å². The summed E-state index contributed by atoms with van der Waals surface area (Å²) in [7, 11) is 0. The second-order valence-corrected chi connectivity index (χ2v) is 3.84. The number of hydrogen-bond acceptors (Lipinski definition) is 4. The maximum absolute atomic E-state index is 11.4. The first-order chi connectivity index (χ1) is 7.81. The van der Waals surface area contributed by atoms with E-state index in [0.29, 0.717) is 0 Å². The van der Waals surface area contributed by atoms with E-state index in [1.807, 2.05) is 23.6 Å². The second-order valence-electron chi connectivity index (χ2n) is 3.21. The molecule has 0 saturated heterocycles. The van der Waals surface area contributed by atoms with E-state index in [2.05, 4.69) is 10.3 Å². The van der Waals surface area contributed by atoms with Gasteiger partial charge in [-0.25, -0.2) is 0 Å². The van der Waals surface area contributed by atoms with Crippen LogP contribution in [-0.4, -0.2) is 16.9 Å². The molecule has 0 aliphatic heterocycles. The Morgan fingerprint density at radius 1 is 1.56 bits per heavy atom. The van der Waals surface area contributed by atoms with Crippen LogP contribution in [0.15, 0.2) is 23.6 Å². The second kappa shape index (κ2) is 4.77. The first-order valence-corrected chi connectivity index (χ1v) is 5.56. The molecule has 1 heterocycles. The lowest BCUT2D eigenvalue weighted by Gasteiger charge is -2.02. The van der Waals surface area contributed by atoms with Gasteiger partial charge < -0.3 is 4.74 Å². The summed E-state index contributed by atoms with van der Waals surface area (Å²) >= 11 is 1.38. The summed E-state index contributed by atoms with van der Waals surface area (Å²) in [6.07, 6.45) is 5.22. The molecular weight excluding hydrogens is 222 g/mol. The van der Waals surface area contributed by atoms with E-state index >= 15 is 0 Å². The largest absolute Gasteiger partial charge is 0.452 e. The highest BCUT2D eigenvalue weighted by molar-refractivity contribution is 7.04. The Morgan fingerprint density at radius 3 is 3.25 bits per heavy atom. The van der Waals surface area contributed by atoms with Crippen molar-refractivity contribution in [1.82, 2.24) is 4.37 Å². The lowest BCUT2D eigenvalue weighted by molar-refractivity contribution is -0.141. The summed E-state index contributed by atoms with van der Waals surface area (Å²) in [5.74, 6) is 1.94. The molecule has 0 unspecified atom stereocenters. The molecule has 0 radical (unpaired) electrons. The van der Waals surface area contributed by atoms with Crippen LogP contribution in [0, 0.1) is 12.3 Å². The zero-order valence-electron chi connectivity index (χ0n) is 8.47. The van der Waals surface area contributed by atoms with Gasteiger partial charge in [-0.2, -0.15) is 4.37 Å². The third-order valence-corrected chi connectivity index (χ3v) is 2.77. The van der Waals surface area contributed by atoms with Gasteiger partial charge in [0.25, 0.3) is 0 Å². The predicted molar refractivity (Wildman–Crippen MR) is 63.1 cm³/mol. The zero-order valence-corrected chi connectivity index (χ0v) is 9.29. The average molecular weight is 231 g/mol. The van der Waals surface area contributed by atoms with Gasteiger partial charge in [-0.15, -0.1) is 6.42 Å². The number of rotatable bonds is 3. The van der Waals surface area contributed by atoms with Crippen LogP contribution in [0.4, 0.5) is 0 Å². The minimum absolute atomic E-state index is 0.0197. The van der Waals surface area contributed by atoms with Crippen LogP contribution in [0.1, 0.15) is 5.56 Å². The molecule has 0 bridgehead atoms. The highest BCUT2D eigenvalue weighted by atomic mass is 32.1. The fourth-order valence-electron chi connectivity index (χ4n) is 1.42. The fraction of sp³-hybridized carbons (Fsp3) is 0.167. The quantitative estimate of drug-likeness (QED) is 0.599. The molecule has 3 nitrogen and oxygen atoms in total. The summed E-state index contributed by atoms with van der Waals surface area (Å²) in [5.41, 5.74) is 1.74. The van der Waals surface area contributed by atoms with Gasteiger partial charge in [0, 0.05) is 10.8 Å². The van der Waals surface area contributed by atoms with Crippen molar-refractivity contribution in [3.05, 3.63) is 29.1 Å². The van der Waals surface area contributed by atoms with Crippen molar-refractivity contribution >= 4 is 28.4 Å². The number of terminal acetylenes is 1. The van der Waals surface area contributed by atoms with E-state index in [9.17, 15) is 4.79 Å². The number of esters is 1. The monoisotopic (exact) mass is 231 g/mol. The maximum Gasteiger partial charge on any atom is 0.311 e. The molecule has 0 atom stereocenters. The molecule has 1 aromatic heterocycles. The molecule has 2 rings (SSSR count). The third-order valence-electron chi connectivity index (χ3n) is 2.13. The van der Waals surface area contributed by atoms with Crippen molar-refractivity contribution in [2.45, 2.75) is 6.42 Å². The molecule has 16 heavy (non-hydrogen) atoms. The minimum atomic E-state index is -0.321. The molecule has 4 heteroatoms. The number of fused-ring (bicyclic) bond motifs is 1. The van der Waals surface area contributed by atoms with E-state index in [-0.39, 0.29) is 19.0 Å². The van der Waals surface area contributed by atoms with Crippen LogP contribution in [0.25, 0.3) is 10.9 Å². The Bertz CT molecular complexity index is 553. The van der Waals surface area contributed by atoms with Gasteiger partial charge in [0.2, 0.25) is 0 Å². The third kappa shape index (κ3) is 2.20. The smallest absolute Gasteiger partial charge is 0.311 e. The van der Waals surface area contributed by atoms with E-state index < -0.39 is 0 Å². The summed E-state index contributed by atoms with van der Waals surface area (Å²) in [4.78, 5) is 11.4. The van der Waals surface area contributed by atoms with Crippen molar-refractivity contribution in [2.75, 3.05) is 6.61 Å². The highest BCUT2D eigenvalue weighted by Crippen LogP contribution is 2.19. The number of carbonyl (C=O) groups is 1. The Labute approximate surface area is 97.2 Å². The molecule has 0 fully saturated rings. The van der Waals surface area contributed by atoms with Gasteiger partial charge in [0.1, 0.15) is 0 Å². The molecule has 0 aliphatic rings. The number of nitrogens with zero attached hydrogens (tertiary/aromatic N) is 1. The molecule has 2 aromatic rings.